The Morgan fingerprint density at radius 2 is 1.75 bits per heavy atom. The summed E-state index contributed by atoms with van der Waals surface area (Å²) < 4.78 is 36.4. The van der Waals surface area contributed by atoms with Gasteiger partial charge in [0, 0.05) is 45.1 Å². The molecule has 2 aliphatic rings. The molecule has 1 aliphatic carbocycles. The molecule has 0 aromatic heterocycles. The van der Waals surface area contributed by atoms with Gasteiger partial charge in [-0.25, -0.2) is 0 Å². The van der Waals surface area contributed by atoms with Gasteiger partial charge in [0.2, 0.25) is 5.91 Å². The standard InChI is InChI=1S/C31H61N3O11P2.Fe/c1-6-8-13-26(35)23(3)24(4)34-28(22-33(30(7-2)46(38,39)40)21-25-12-9-10-14-27(25)36)31(34,47(41,42)43)16-11-17-32-29(37)15-18-45-20-19-44-5;/h8,13,23-28,30,35-36H,6-7,9-12,14-22H2,1-5H3,(H,32,37)(H2,38,39,40)(H2,41,42,43);/q;+2/b13-8-;/t23?,24?,25?,26-,27+,28?,30?,31?,34?;/m0./s1. The van der Waals surface area contributed by atoms with Crippen LogP contribution in [0.2, 0.25) is 0 Å². The zero-order chi connectivity index (χ0) is 35.4. The van der Waals surface area contributed by atoms with E-state index in [1.54, 1.807) is 36.8 Å². The van der Waals surface area contributed by atoms with Gasteiger partial charge in [0.1, 0.15) is 11.1 Å². The summed E-state index contributed by atoms with van der Waals surface area (Å²) in [6.07, 6.45) is 6.23. The average Bonchev–Trinajstić information content (AvgIpc) is 3.65. The van der Waals surface area contributed by atoms with E-state index in [0.717, 1.165) is 12.8 Å². The topological polar surface area (TPSA) is 209 Å². The second-order valence-electron chi connectivity index (χ2n) is 13.1. The van der Waals surface area contributed by atoms with Crippen molar-refractivity contribution < 1.29 is 70.3 Å². The van der Waals surface area contributed by atoms with E-state index in [1.807, 2.05) is 19.9 Å². The second-order valence-corrected chi connectivity index (χ2v) is 16.8. The van der Waals surface area contributed by atoms with Crippen molar-refractivity contribution in [2.75, 3.05) is 46.6 Å². The molecular weight excluding hydrogens is 708 g/mol. The molecule has 2 rings (SSSR count). The van der Waals surface area contributed by atoms with Crippen LogP contribution in [0.15, 0.2) is 12.2 Å². The second kappa shape index (κ2) is 21.3. The van der Waals surface area contributed by atoms with Crippen LogP contribution in [-0.4, -0.2) is 127 Å². The fourth-order valence-corrected chi connectivity index (χ4v) is 9.77. The van der Waals surface area contributed by atoms with E-state index in [2.05, 4.69) is 5.32 Å². The smallest absolute Gasteiger partial charge is 0.393 e. The molecule has 7 unspecified atom stereocenters. The number of hydrogen-bond donors (Lipinski definition) is 7. The van der Waals surface area contributed by atoms with Gasteiger partial charge < -0.3 is 44.6 Å². The fraction of sp³-hybridized carbons (Fsp3) is 0.903. The van der Waals surface area contributed by atoms with Crippen molar-refractivity contribution >= 4 is 21.1 Å². The number of carbonyl (C=O) groups excluding carboxylic acids is 1. The fourth-order valence-electron chi connectivity index (χ4n) is 7.08. The van der Waals surface area contributed by atoms with Crippen LogP contribution < -0.4 is 5.32 Å². The van der Waals surface area contributed by atoms with Gasteiger partial charge in [-0.1, -0.05) is 45.8 Å². The maximum atomic E-state index is 13.5. The molecule has 1 saturated heterocycles. The van der Waals surface area contributed by atoms with Crippen molar-refractivity contribution in [2.24, 2.45) is 11.8 Å². The molecular formula is C31H61FeN3O11P2+2. The Morgan fingerprint density at radius 3 is 2.31 bits per heavy atom. The molecule has 0 spiro atoms. The minimum absolute atomic E-state index is 0. The first-order chi connectivity index (χ1) is 22.1. The molecule has 1 saturated carbocycles. The van der Waals surface area contributed by atoms with E-state index in [0.29, 0.717) is 32.5 Å². The van der Waals surface area contributed by atoms with Crippen molar-refractivity contribution in [2.45, 2.75) is 121 Å². The Labute approximate surface area is 297 Å². The number of amides is 1. The summed E-state index contributed by atoms with van der Waals surface area (Å²) in [5, 5.41) is 22.8. The largest absolute Gasteiger partial charge is 2.00 e. The molecule has 48 heavy (non-hydrogen) atoms. The van der Waals surface area contributed by atoms with Crippen molar-refractivity contribution in [3.63, 3.8) is 0 Å². The molecule has 0 aromatic rings. The van der Waals surface area contributed by atoms with Gasteiger partial charge in [0.25, 0.3) is 0 Å². The molecule has 1 heterocycles. The number of hydrogen-bond acceptors (Lipinski definition) is 9. The van der Waals surface area contributed by atoms with E-state index >= 15 is 0 Å². The molecule has 17 heteroatoms. The van der Waals surface area contributed by atoms with E-state index in [1.165, 1.54) is 0 Å². The summed E-state index contributed by atoms with van der Waals surface area (Å²) in [6, 6.07) is -1.31. The van der Waals surface area contributed by atoms with Crippen LogP contribution in [0.5, 0.6) is 0 Å². The minimum atomic E-state index is -4.89. The SMILES string of the molecule is CC/C=C\[C@H](O)C(C)C(C)N1C(CN(CC2CCCC[C@H]2O)C(CC)P(=O)(O)O)C1(CCCNC(=O)CCOCCOC)P(=O)(O)O.[Fe+2]. The Morgan fingerprint density at radius 1 is 1.08 bits per heavy atom. The normalized spacial score (nSPS) is 27.3. The van der Waals surface area contributed by atoms with Crippen LogP contribution in [0.3, 0.4) is 0 Å². The van der Waals surface area contributed by atoms with Crippen molar-refractivity contribution in [3.8, 4) is 0 Å². The number of methoxy groups -OCH3 is 1. The molecule has 1 aliphatic heterocycles. The van der Waals surface area contributed by atoms with E-state index < -0.39 is 56.5 Å². The van der Waals surface area contributed by atoms with Crippen molar-refractivity contribution in [3.05, 3.63) is 12.2 Å². The third kappa shape index (κ3) is 12.8. The van der Waals surface area contributed by atoms with E-state index in [4.69, 9.17) is 9.47 Å². The number of aliphatic hydroxyl groups is 2. The van der Waals surface area contributed by atoms with Crippen molar-refractivity contribution in [1.82, 2.24) is 15.1 Å². The monoisotopic (exact) mass is 769 g/mol. The summed E-state index contributed by atoms with van der Waals surface area (Å²) in [5.74, 6) is -2.10. The maximum absolute atomic E-state index is 13.5. The van der Waals surface area contributed by atoms with Gasteiger partial charge in [0.15, 0.2) is 0 Å². The number of aliphatic hydroxyl groups excluding tert-OH is 2. The third-order valence-electron chi connectivity index (χ3n) is 9.93. The summed E-state index contributed by atoms with van der Waals surface area (Å²) in [6.45, 7) is 8.52. The molecule has 0 bridgehead atoms. The maximum Gasteiger partial charge on any atom is 2.00 e. The molecule has 0 aromatic carbocycles. The molecule has 9 atom stereocenters. The molecule has 282 valence electrons. The molecule has 7 N–H and O–H groups in total. The van der Waals surface area contributed by atoms with Gasteiger partial charge in [-0.15, -0.1) is 0 Å². The van der Waals surface area contributed by atoms with Gasteiger partial charge in [-0.2, -0.15) is 0 Å². The molecule has 0 radical (unpaired) electrons. The minimum Gasteiger partial charge on any atom is -0.393 e. The van der Waals surface area contributed by atoms with Crippen LogP contribution in [0.25, 0.3) is 0 Å². The van der Waals surface area contributed by atoms with Gasteiger partial charge in [-0.05, 0) is 51.4 Å². The quantitative estimate of drug-likeness (QED) is 0.0263. The Kier molecular flexibility index (Phi) is 20.4. The van der Waals surface area contributed by atoms with Crippen LogP contribution in [0, 0.1) is 11.8 Å². The van der Waals surface area contributed by atoms with E-state index in [-0.39, 0.29) is 80.8 Å². The zero-order valence-electron chi connectivity index (χ0n) is 29.2. The number of allylic oxidation sites excluding steroid dienone is 1. The summed E-state index contributed by atoms with van der Waals surface area (Å²) in [7, 11) is -7.99. The summed E-state index contributed by atoms with van der Waals surface area (Å²) >= 11 is 0. The average molecular weight is 770 g/mol. The summed E-state index contributed by atoms with van der Waals surface area (Å²) in [5.41, 5.74) is 0. The number of ether oxygens (including phenoxy) is 2. The van der Waals surface area contributed by atoms with E-state index in [9.17, 15) is 43.7 Å². The first-order valence-corrected chi connectivity index (χ1v) is 20.4. The van der Waals surface area contributed by atoms with Crippen LogP contribution in [0.1, 0.15) is 85.5 Å². The zero-order valence-corrected chi connectivity index (χ0v) is 32.1. The number of rotatable bonds is 23. The molecule has 14 nitrogen and oxygen atoms in total. The number of carbonyl (C=O) groups is 1. The van der Waals surface area contributed by atoms with Crippen LogP contribution >= 0.6 is 15.2 Å². The molecule has 2 fully saturated rings. The van der Waals surface area contributed by atoms with Gasteiger partial charge >= 0.3 is 32.3 Å². The van der Waals surface area contributed by atoms with Crippen molar-refractivity contribution in [1.29, 1.82) is 0 Å². The Bertz CT molecular complexity index is 1080. The van der Waals surface area contributed by atoms with Gasteiger partial charge in [0.05, 0.1) is 38.1 Å². The first-order valence-electron chi connectivity index (χ1n) is 17.1. The van der Waals surface area contributed by atoms with Crippen LogP contribution in [-0.2, 0) is 40.5 Å². The Hall–Kier alpha value is -0.211. The first kappa shape index (κ1) is 45.8. The predicted molar refractivity (Wildman–Crippen MR) is 180 cm³/mol. The number of nitrogens with one attached hydrogen (secondary N) is 1. The third-order valence-corrected chi connectivity index (χ3v) is 13.2. The van der Waals surface area contributed by atoms with Gasteiger partial charge in [-0.3, -0.25) is 23.7 Å². The number of nitrogens with zero attached hydrogens (tertiary/aromatic N) is 2. The Balaban J connectivity index is 0.0000115. The van der Waals surface area contributed by atoms with Crippen LogP contribution in [0.4, 0.5) is 0 Å². The predicted octanol–water partition coefficient (Wildman–Crippen LogP) is 2.61. The molecule has 1 amide bonds. The summed E-state index contributed by atoms with van der Waals surface area (Å²) in [4.78, 5) is 58.3.